The van der Waals surface area contributed by atoms with E-state index in [9.17, 15) is 28.8 Å². The summed E-state index contributed by atoms with van der Waals surface area (Å²) in [5, 5.41) is 4.44. The number of ketones is 2. The number of amides is 4. The standard InChI is InChI=1S/C23H25ClN2O4.C21H22ClNO3.C2H4BrNO/c1-30-20-8-4-16(5-9-20)21-12-23(29)26(14-22(25)28)13-17(21)11-19(27)10-15-2-6-18(24)7-3-15;1-26-19-8-4-15(5-9-19)20-12-21(25)23-13-16(20)11-18(24)10-14-2-6-17(22)7-3-14;3-1-2(4)5/h2-9,17,21H,10-14H2,1H3,(H2,25,28);2-9,16,20H,10-13H2,1H3,(H,23,25);1H2,(H2,4,5)/t17-,21?;16-,20?;/m11./s1. The molecule has 12 nitrogen and oxygen atoms in total. The Balaban J connectivity index is 0.000000244. The zero-order valence-corrected chi connectivity index (χ0v) is 37.2. The fourth-order valence-corrected chi connectivity index (χ4v) is 7.71. The first-order chi connectivity index (χ1) is 29.2. The highest BCUT2D eigenvalue weighted by molar-refractivity contribution is 9.09. The molecule has 2 unspecified atom stereocenters. The maximum absolute atomic E-state index is 12.8. The number of halogens is 3. The van der Waals surface area contributed by atoms with Crippen LogP contribution in [0.1, 0.15) is 59.8 Å². The minimum absolute atomic E-state index is 0.0345. The minimum Gasteiger partial charge on any atom is -0.497 e. The molecule has 2 fully saturated rings. The first-order valence-electron chi connectivity index (χ1n) is 19.6. The fraction of sp³-hybridized carbons (Fsp3) is 0.348. The summed E-state index contributed by atoms with van der Waals surface area (Å²) in [6.07, 6.45) is 2.08. The third-order valence-corrected chi connectivity index (χ3v) is 11.5. The van der Waals surface area contributed by atoms with Crippen LogP contribution >= 0.6 is 39.1 Å². The first kappa shape index (κ1) is 48.4. The quantitative estimate of drug-likeness (QED) is 0.111. The van der Waals surface area contributed by atoms with Crippen molar-refractivity contribution in [2.24, 2.45) is 23.3 Å². The second-order valence-corrected chi connectivity index (χ2v) is 16.4. The number of likely N-dealkylation sites (tertiary alicyclic amines) is 1. The molecule has 0 saturated carbocycles. The van der Waals surface area contributed by atoms with Crippen LogP contribution in [0.5, 0.6) is 11.5 Å². The van der Waals surface area contributed by atoms with E-state index in [1.54, 1.807) is 38.5 Å². The van der Waals surface area contributed by atoms with Crippen LogP contribution in [0, 0.1) is 11.8 Å². The Bertz CT molecular complexity index is 2100. The van der Waals surface area contributed by atoms with Crippen molar-refractivity contribution in [3.63, 3.8) is 0 Å². The second-order valence-electron chi connectivity index (χ2n) is 14.9. The van der Waals surface area contributed by atoms with Gasteiger partial charge in [-0.05, 0) is 94.5 Å². The molecule has 0 aromatic heterocycles. The Hall–Kier alpha value is -5.24. The lowest BCUT2D eigenvalue weighted by Crippen LogP contribution is -2.47. The normalized spacial score (nSPS) is 18.3. The largest absolute Gasteiger partial charge is 0.497 e. The number of carbonyl (C=O) groups is 6. The maximum Gasteiger partial charge on any atom is 0.237 e. The van der Waals surface area contributed by atoms with E-state index < -0.39 is 5.91 Å². The van der Waals surface area contributed by atoms with E-state index in [1.165, 1.54) is 4.90 Å². The van der Waals surface area contributed by atoms with Crippen molar-refractivity contribution in [1.82, 2.24) is 10.2 Å². The zero-order valence-electron chi connectivity index (χ0n) is 34.1. The Morgan fingerprint density at radius 2 is 1.10 bits per heavy atom. The highest BCUT2D eigenvalue weighted by Crippen LogP contribution is 2.37. The molecule has 0 aliphatic carbocycles. The number of hydrogen-bond acceptors (Lipinski definition) is 8. The van der Waals surface area contributed by atoms with Crippen molar-refractivity contribution in [1.29, 1.82) is 0 Å². The molecule has 2 saturated heterocycles. The molecule has 4 aromatic rings. The summed E-state index contributed by atoms with van der Waals surface area (Å²) in [4.78, 5) is 72.2. The molecule has 4 aromatic carbocycles. The summed E-state index contributed by atoms with van der Waals surface area (Å²) in [7, 11) is 3.22. The van der Waals surface area contributed by atoms with Crippen molar-refractivity contribution < 1.29 is 38.2 Å². The van der Waals surface area contributed by atoms with Gasteiger partial charge in [-0.2, -0.15) is 0 Å². The molecule has 0 bridgehead atoms. The average Bonchev–Trinajstić information content (AvgIpc) is 3.24. The van der Waals surface area contributed by atoms with Crippen LogP contribution in [0.2, 0.25) is 10.0 Å². The van der Waals surface area contributed by atoms with Gasteiger partial charge in [0, 0.05) is 61.7 Å². The van der Waals surface area contributed by atoms with Gasteiger partial charge < -0.3 is 31.2 Å². The molecule has 324 valence electrons. The molecule has 15 heteroatoms. The Morgan fingerprint density at radius 1 is 0.672 bits per heavy atom. The number of alkyl halides is 1. The van der Waals surface area contributed by atoms with Crippen LogP contribution in [0.15, 0.2) is 97.1 Å². The second kappa shape index (κ2) is 24.3. The van der Waals surface area contributed by atoms with E-state index in [-0.39, 0.29) is 71.3 Å². The summed E-state index contributed by atoms with van der Waals surface area (Å²) in [6, 6.07) is 29.9. The van der Waals surface area contributed by atoms with Gasteiger partial charge in [-0.1, -0.05) is 87.7 Å². The molecule has 2 aliphatic rings. The lowest BCUT2D eigenvalue weighted by molar-refractivity contribution is -0.140. The van der Waals surface area contributed by atoms with Crippen LogP contribution in [0.4, 0.5) is 0 Å². The van der Waals surface area contributed by atoms with E-state index in [4.69, 9.17) is 38.4 Å². The highest BCUT2D eigenvalue weighted by Gasteiger charge is 2.37. The Kier molecular flexibility index (Phi) is 19.3. The van der Waals surface area contributed by atoms with E-state index in [0.29, 0.717) is 55.2 Å². The molecule has 4 amide bonds. The van der Waals surface area contributed by atoms with E-state index >= 15 is 0 Å². The number of rotatable bonds is 15. The van der Waals surface area contributed by atoms with Crippen molar-refractivity contribution in [3.8, 4) is 11.5 Å². The van der Waals surface area contributed by atoms with Gasteiger partial charge in [0.1, 0.15) is 23.1 Å². The predicted octanol–water partition coefficient (Wildman–Crippen LogP) is 6.60. The maximum atomic E-state index is 12.8. The van der Waals surface area contributed by atoms with Gasteiger partial charge in [0.2, 0.25) is 23.6 Å². The van der Waals surface area contributed by atoms with Gasteiger partial charge in [0.25, 0.3) is 0 Å². The highest BCUT2D eigenvalue weighted by atomic mass is 79.9. The van der Waals surface area contributed by atoms with Gasteiger partial charge in [0.05, 0.1) is 26.1 Å². The summed E-state index contributed by atoms with van der Waals surface area (Å²) >= 11 is 14.6. The van der Waals surface area contributed by atoms with Gasteiger partial charge in [-0.3, -0.25) is 28.8 Å². The molecule has 2 heterocycles. The van der Waals surface area contributed by atoms with Gasteiger partial charge in [0.15, 0.2) is 0 Å². The van der Waals surface area contributed by atoms with Gasteiger partial charge in [-0.15, -0.1) is 0 Å². The van der Waals surface area contributed by atoms with Gasteiger partial charge >= 0.3 is 0 Å². The third kappa shape index (κ3) is 15.9. The first-order valence-corrected chi connectivity index (χ1v) is 21.5. The molecule has 4 atom stereocenters. The van der Waals surface area contributed by atoms with Crippen LogP contribution < -0.4 is 26.3 Å². The zero-order chi connectivity index (χ0) is 44.5. The van der Waals surface area contributed by atoms with Crippen molar-refractivity contribution >= 4 is 74.3 Å². The lowest BCUT2D eigenvalue weighted by atomic mass is 9.77. The number of Topliss-reactive ketones (excluding diaryl/α,β-unsaturated/α-hetero) is 2. The minimum atomic E-state index is -0.558. The summed E-state index contributed by atoms with van der Waals surface area (Å²) in [6.45, 7) is 0.725. The SMILES string of the molecule is COc1ccc(C2CC(=O)N(CC(N)=O)C[C@H]2CC(=O)Cc2ccc(Cl)cc2)cc1.COc1ccc(C2CC(=O)NC[C@H]2CC(=O)Cc2ccc(Cl)cc2)cc1.NC(=O)CBr. The fourth-order valence-electron chi connectivity index (χ4n) is 7.46. The molecule has 61 heavy (non-hydrogen) atoms. The molecule has 0 spiro atoms. The van der Waals surface area contributed by atoms with E-state index in [0.717, 1.165) is 33.8 Å². The smallest absolute Gasteiger partial charge is 0.237 e. The lowest BCUT2D eigenvalue weighted by Gasteiger charge is -2.38. The molecular formula is C46H51BrCl2N4O8. The number of nitrogens with one attached hydrogen (secondary N) is 1. The van der Waals surface area contributed by atoms with E-state index in [1.807, 2.05) is 72.8 Å². The van der Waals surface area contributed by atoms with Crippen LogP contribution in [-0.2, 0) is 41.6 Å². The topological polar surface area (TPSA) is 188 Å². The number of carbonyl (C=O) groups excluding carboxylic acids is 6. The van der Waals surface area contributed by atoms with Crippen molar-refractivity contribution in [3.05, 3.63) is 129 Å². The van der Waals surface area contributed by atoms with Gasteiger partial charge in [-0.25, -0.2) is 0 Å². The number of nitrogens with two attached hydrogens (primary N) is 2. The number of primary amides is 2. The third-order valence-electron chi connectivity index (χ3n) is 10.5. The number of benzene rings is 4. The number of nitrogens with zero attached hydrogens (tertiary/aromatic N) is 1. The van der Waals surface area contributed by atoms with Crippen LogP contribution in [0.3, 0.4) is 0 Å². The molecule has 0 radical (unpaired) electrons. The molecular weight excluding hydrogens is 887 g/mol. The Morgan fingerprint density at radius 3 is 1.51 bits per heavy atom. The summed E-state index contributed by atoms with van der Waals surface area (Å²) < 4.78 is 10.4. The molecule has 5 N–H and O–H groups in total. The van der Waals surface area contributed by atoms with E-state index in [2.05, 4.69) is 27.0 Å². The predicted molar refractivity (Wildman–Crippen MR) is 239 cm³/mol. The molecule has 2 aliphatic heterocycles. The van der Waals surface area contributed by atoms with Crippen LogP contribution in [0.25, 0.3) is 0 Å². The van der Waals surface area contributed by atoms with Crippen molar-refractivity contribution in [2.75, 3.05) is 39.2 Å². The number of piperidine rings is 2. The summed E-state index contributed by atoms with van der Waals surface area (Å²) in [5.74, 6) is 0.713. The monoisotopic (exact) mass is 936 g/mol. The number of hydrogen-bond donors (Lipinski definition) is 3. The number of ether oxygens (including phenoxy) is 2. The number of methoxy groups -OCH3 is 2. The average molecular weight is 939 g/mol. The Labute approximate surface area is 374 Å². The molecule has 6 rings (SSSR count). The van der Waals surface area contributed by atoms with Crippen LogP contribution in [-0.4, -0.2) is 79.3 Å². The summed E-state index contributed by atoms with van der Waals surface area (Å²) in [5.41, 5.74) is 13.8. The van der Waals surface area contributed by atoms with Crippen molar-refractivity contribution in [2.45, 2.75) is 50.4 Å².